The number of amides is 1. The molecule has 0 bridgehead atoms. The summed E-state index contributed by atoms with van der Waals surface area (Å²) in [6.45, 7) is 2.60. The van der Waals surface area contributed by atoms with Crippen molar-refractivity contribution in [1.29, 1.82) is 5.26 Å². The minimum atomic E-state index is -0.449. The predicted octanol–water partition coefficient (Wildman–Crippen LogP) is 0.724. The Bertz CT molecular complexity index is 658. The summed E-state index contributed by atoms with van der Waals surface area (Å²) in [6, 6.07) is 8.54. The van der Waals surface area contributed by atoms with Crippen molar-refractivity contribution in [2.75, 3.05) is 38.6 Å². The molecule has 1 aliphatic rings. The zero-order valence-electron chi connectivity index (χ0n) is 12.8. The standard InChI is InChI=1S/C16H18N4O3/c1-23-16(22)12-3-2-4-14(9-12)19-11-13(10-17)15(21)20-7-5-18-6-8-20/h2-4,9,11,18-19H,5-8H2,1H3/b13-11-. The number of carbonyl (C=O) groups is 2. The van der Waals surface area contributed by atoms with E-state index in [1.807, 2.05) is 6.07 Å². The van der Waals surface area contributed by atoms with Gasteiger partial charge < -0.3 is 20.3 Å². The van der Waals surface area contributed by atoms with Crippen molar-refractivity contribution in [1.82, 2.24) is 10.2 Å². The second-order valence-electron chi connectivity index (χ2n) is 4.93. The molecule has 0 saturated carbocycles. The number of nitrogens with zero attached hydrogens (tertiary/aromatic N) is 2. The largest absolute Gasteiger partial charge is 0.465 e. The van der Waals surface area contributed by atoms with Crippen molar-refractivity contribution in [3.05, 3.63) is 41.6 Å². The van der Waals surface area contributed by atoms with Crippen molar-refractivity contribution in [2.24, 2.45) is 0 Å². The van der Waals surface area contributed by atoms with Crippen LogP contribution in [0.2, 0.25) is 0 Å². The average molecular weight is 314 g/mol. The lowest BCUT2D eigenvalue weighted by atomic mass is 10.2. The summed E-state index contributed by atoms with van der Waals surface area (Å²) in [4.78, 5) is 25.4. The zero-order valence-corrected chi connectivity index (χ0v) is 12.8. The van der Waals surface area contributed by atoms with Gasteiger partial charge in [-0.05, 0) is 18.2 Å². The Morgan fingerprint density at radius 1 is 1.39 bits per heavy atom. The van der Waals surface area contributed by atoms with Crippen LogP contribution >= 0.6 is 0 Å². The quantitative estimate of drug-likeness (QED) is 0.483. The van der Waals surface area contributed by atoms with E-state index < -0.39 is 5.97 Å². The van der Waals surface area contributed by atoms with Crippen LogP contribution in [0.3, 0.4) is 0 Å². The van der Waals surface area contributed by atoms with Crippen LogP contribution in [0.1, 0.15) is 10.4 Å². The first-order chi connectivity index (χ1) is 11.2. The van der Waals surface area contributed by atoms with Crippen molar-refractivity contribution >= 4 is 17.6 Å². The van der Waals surface area contributed by atoms with Crippen LogP contribution in [-0.2, 0) is 9.53 Å². The number of nitriles is 1. The van der Waals surface area contributed by atoms with Gasteiger partial charge in [0.05, 0.1) is 12.7 Å². The number of anilines is 1. The summed E-state index contributed by atoms with van der Waals surface area (Å²) in [7, 11) is 1.31. The third-order valence-corrected chi connectivity index (χ3v) is 3.42. The topological polar surface area (TPSA) is 94.5 Å². The second kappa shape index (κ2) is 7.96. The van der Waals surface area contributed by atoms with Crippen LogP contribution in [-0.4, -0.2) is 50.1 Å². The molecular weight excluding hydrogens is 296 g/mol. The molecule has 1 amide bonds. The molecule has 1 heterocycles. The van der Waals surface area contributed by atoms with E-state index in [0.29, 0.717) is 24.3 Å². The number of hydrogen-bond donors (Lipinski definition) is 2. The molecule has 120 valence electrons. The average Bonchev–Trinajstić information content (AvgIpc) is 2.62. The normalized spacial score (nSPS) is 14.8. The van der Waals surface area contributed by atoms with Gasteiger partial charge in [-0.25, -0.2) is 4.79 Å². The Morgan fingerprint density at radius 2 is 2.13 bits per heavy atom. The highest BCUT2D eigenvalue weighted by molar-refractivity contribution is 5.97. The molecule has 1 aromatic carbocycles. The van der Waals surface area contributed by atoms with E-state index in [-0.39, 0.29) is 11.5 Å². The van der Waals surface area contributed by atoms with Crippen molar-refractivity contribution in [3.63, 3.8) is 0 Å². The van der Waals surface area contributed by atoms with E-state index in [9.17, 15) is 14.9 Å². The molecule has 2 rings (SSSR count). The van der Waals surface area contributed by atoms with Gasteiger partial charge in [0, 0.05) is 38.1 Å². The van der Waals surface area contributed by atoms with Crippen molar-refractivity contribution in [2.45, 2.75) is 0 Å². The van der Waals surface area contributed by atoms with E-state index in [0.717, 1.165) is 13.1 Å². The van der Waals surface area contributed by atoms with E-state index in [4.69, 9.17) is 0 Å². The maximum Gasteiger partial charge on any atom is 0.337 e. The molecule has 1 aliphatic heterocycles. The number of nitrogens with one attached hydrogen (secondary N) is 2. The van der Waals surface area contributed by atoms with E-state index in [1.165, 1.54) is 13.3 Å². The third kappa shape index (κ3) is 4.31. The molecule has 23 heavy (non-hydrogen) atoms. The molecule has 0 radical (unpaired) electrons. The van der Waals surface area contributed by atoms with Crippen molar-refractivity contribution in [3.8, 4) is 6.07 Å². The predicted molar refractivity (Wildman–Crippen MR) is 84.5 cm³/mol. The molecule has 0 unspecified atom stereocenters. The highest BCUT2D eigenvalue weighted by Gasteiger charge is 2.19. The summed E-state index contributed by atoms with van der Waals surface area (Å²) in [5.41, 5.74) is 1.00. The van der Waals surface area contributed by atoms with Gasteiger partial charge in [0.15, 0.2) is 0 Å². The van der Waals surface area contributed by atoms with Crippen LogP contribution in [0.15, 0.2) is 36.0 Å². The lowest BCUT2D eigenvalue weighted by Crippen LogP contribution is -2.46. The number of methoxy groups -OCH3 is 1. The molecule has 0 aromatic heterocycles. The third-order valence-electron chi connectivity index (χ3n) is 3.42. The fraction of sp³-hybridized carbons (Fsp3) is 0.312. The lowest BCUT2D eigenvalue weighted by Gasteiger charge is -2.27. The first kappa shape index (κ1) is 16.5. The van der Waals surface area contributed by atoms with Crippen LogP contribution in [0, 0.1) is 11.3 Å². The summed E-state index contributed by atoms with van der Waals surface area (Å²) in [6.07, 6.45) is 1.36. The molecule has 7 nitrogen and oxygen atoms in total. The van der Waals surface area contributed by atoms with Gasteiger partial charge in [-0.15, -0.1) is 0 Å². The number of piperazine rings is 1. The van der Waals surface area contributed by atoms with Crippen LogP contribution < -0.4 is 10.6 Å². The number of ether oxygens (including phenoxy) is 1. The number of rotatable bonds is 4. The Labute approximate surface area is 134 Å². The lowest BCUT2D eigenvalue weighted by molar-refractivity contribution is -0.127. The number of benzene rings is 1. The summed E-state index contributed by atoms with van der Waals surface area (Å²) in [5.74, 6) is -0.749. The van der Waals surface area contributed by atoms with Gasteiger partial charge in [0.25, 0.3) is 5.91 Å². The first-order valence-electron chi connectivity index (χ1n) is 7.21. The smallest absolute Gasteiger partial charge is 0.337 e. The SMILES string of the molecule is COC(=O)c1cccc(N/C=C(/C#N)C(=O)N2CCNCC2)c1. The van der Waals surface area contributed by atoms with E-state index >= 15 is 0 Å². The Balaban J connectivity index is 2.09. The molecule has 1 saturated heterocycles. The minimum absolute atomic E-state index is 0.0235. The molecule has 1 fully saturated rings. The highest BCUT2D eigenvalue weighted by Crippen LogP contribution is 2.12. The van der Waals surface area contributed by atoms with Crippen molar-refractivity contribution < 1.29 is 14.3 Å². The molecular formula is C16H18N4O3. The van der Waals surface area contributed by atoms with Crippen LogP contribution in [0.5, 0.6) is 0 Å². The van der Waals surface area contributed by atoms with E-state index in [2.05, 4.69) is 15.4 Å². The van der Waals surface area contributed by atoms with Gasteiger partial charge in [-0.3, -0.25) is 4.79 Å². The summed E-state index contributed by atoms with van der Waals surface area (Å²) < 4.78 is 4.65. The highest BCUT2D eigenvalue weighted by atomic mass is 16.5. The number of hydrogen-bond acceptors (Lipinski definition) is 6. The fourth-order valence-electron chi connectivity index (χ4n) is 2.19. The monoisotopic (exact) mass is 314 g/mol. The number of carbonyl (C=O) groups excluding carboxylic acids is 2. The maximum absolute atomic E-state index is 12.3. The van der Waals surface area contributed by atoms with Gasteiger partial charge >= 0.3 is 5.97 Å². The Kier molecular flexibility index (Phi) is 5.72. The molecule has 7 heteroatoms. The van der Waals surface area contributed by atoms with E-state index in [1.54, 1.807) is 29.2 Å². The van der Waals surface area contributed by atoms with Gasteiger partial charge in [-0.1, -0.05) is 6.07 Å². The second-order valence-corrected chi connectivity index (χ2v) is 4.93. The Morgan fingerprint density at radius 3 is 2.78 bits per heavy atom. The zero-order chi connectivity index (χ0) is 16.7. The maximum atomic E-state index is 12.3. The van der Waals surface area contributed by atoms with Crippen LogP contribution in [0.25, 0.3) is 0 Å². The van der Waals surface area contributed by atoms with Gasteiger partial charge in [-0.2, -0.15) is 5.26 Å². The molecule has 2 N–H and O–H groups in total. The molecule has 0 atom stereocenters. The van der Waals surface area contributed by atoms with Gasteiger partial charge in [0.2, 0.25) is 0 Å². The minimum Gasteiger partial charge on any atom is -0.465 e. The molecule has 0 spiro atoms. The summed E-state index contributed by atoms with van der Waals surface area (Å²) in [5, 5.41) is 15.2. The number of esters is 1. The first-order valence-corrected chi connectivity index (χ1v) is 7.21. The fourth-order valence-corrected chi connectivity index (χ4v) is 2.19. The van der Waals surface area contributed by atoms with Crippen LogP contribution in [0.4, 0.5) is 5.69 Å². The summed E-state index contributed by atoms with van der Waals surface area (Å²) >= 11 is 0. The Hall–Kier alpha value is -2.85. The van der Waals surface area contributed by atoms with Gasteiger partial charge in [0.1, 0.15) is 11.6 Å². The molecule has 0 aliphatic carbocycles. The molecule has 1 aromatic rings.